The van der Waals surface area contributed by atoms with Crippen LogP contribution < -0.4 is 4.90 Å². The van der Waals surface area contributed by atoms with Gasteiger partial charge in [0.25, 0.3) is 0 Å². The normalized spacial score (nSPS) is 30.6. The molecule has 4 rings (SSSR count). The summed E-state index contributed by atoms with van der Waals surface area (Å²) >= 11 is 5.55. The number of hydrogen-bond acceptors (Lipinski definition) is 3. The van der Waals surface area contributed by atoms with Crippen LogP contribution >= 0.6 is 12.2 Å². The van der Waals surface area contributed by atoms with Crippen molar-refractivity contribution in [3.8, 4) is 0 Å². The van der Waals surface area contributed by atoms with Gasteiger partial charge in [-0.25, -0.2) is 5.10 Å². The Morgan fingerprint density at radius 2 is 1.71 bits per heavy atom. The molecule has 4 nitrogen and oxygen atoms in total. The number of hydrogen-bond donors (Lipinski definition) is 1. The minimum atomic E-state index is 0.572. The summed E-state index contributed by atoms with van der Waals surface area (Å²) in [5.74, 6) is 2.03. The Morgan fingerprint density at radius 1 is 0.952 bits per heavy atom. The van der Waals surface area contributed by atoms with E-state index in [2.05, 4.69) is 19.7 Å². The Labute approximate surface area is 131 Å². The van der Waals surface area contributed by atoms with Crippen LogP contribution in [0, 0.1) is 10.7 Å². The van der Waals surface area contributed by atoms with Crippen molar-refractivity contribution in [1.29, 1.82) is 0 Å². The fourth-order valence-corrected chi connectivity index (χ4v) is 5.10. The van der Waals surface area contributed by atoms with Gasteiger partial charge in [-0.3, -0.25) is 4.57 Å². The predicted molar refractivity (Wildman–Crippen MR) is 87.2 cm³/mol. The smallest absolute Gasteiger partial charge is 0.226 e. The molecule has 0 radical (unpaired) electrons. The van der Waals surface area contributed by atoms with Gasteiger partial charge >= 0.3 is 0 Å². The van der Waals surface area contributed by atoms with Crippen molar-refractivity contribution < 1.29 is 0 Å². The molecule has 0 bridgehead atoms. The lowest BCUT2D eigenvalue weighted by molar-refractivity contribution is 0.329. The van der Waals surface area contributed by atoms with Crippen molar-refractivity contribution >= 4 is 18.2 Å². The molecule has 1 aromatic rings. The molecule has 2 unspecified atom stereocenters. The fraction of sp³-hybridized carbons (Fsp3) is 0.875. The summed E-state index contributed by atoms with van der Waals surface area (Å²) in [6, 6.07) is 1.29. The summed E-state index contributed by atoms with van der Waals surface area (Å²) in [6.07, 6.45) is 13.5. The summed E-state index contributed by atoms with van der Waals surface area (Å²) in [7, 11) is 0. The summed E-state index contributed by atoms with van der Waals surface area (Å²) in [5, 5.41) is 7.72. The Morgan fingerprint density at radius 3 is 2.57 bits per heavy atom. The number of aromatic amines is 1. The third-order valence-corrected chi connectivity index (χ3v) is 6.18. The predicted octanol–water partition coefficient (Wildman–Crippen LogP) is 4.21. The van der Waals surface area contributed by atoms with Crippen molar-refractivity contribution in [2.45, 2.75) is 76.3 Å². The first-order valence-corrected chi connectivity index (χ1v) is 9.19. The molecule has 1 aliphatic heterocycles. The number of nitrogens with zero attached hydrogens (tertiary/aromatic N) is 3. The molecule has 1 saturated heterocycles. The lowest BCUT2D eigenvalue weighted by Crippen LogP contribution is -2.37. The van der Waals surface area contributed by atoms with Crippen molar-refractivity contribution in [2.24, 2.45) is 5.92 Å². The molecule has 2 saturated carbocycles. The van der Waals surface area contributed by atoms with E-state index >= 15 is 0 Å². The van der Waals surface area contributed by atoms with Crippen LogP contribution in [-0.4, -0.2) is 27.4 Å². The molecule has 2 atom stereocenters. The number of anilines is 1. The first-order chi connectivity index (χ1) is 10.3. The van der Waals surface area contributed by atoms with Crippen molar-refractivity contribution in [3.05, 3.63) is 4.77 Å². The Balaban J connectivity index is 1.64. The molecular formula is C16H26N4S. The highest BCUT2D eigenvalue weighted by Crippen LogP contribution is 2.40. The second kappa shape index (κ2) is 5.75. The number of aromatic nitrogens is 3. The Bertz CT molecular complexity index is 543. The Hall–Kier alpha value is -0.840. The van der Waals surface area contributed by atoms with Crippen LogP contribution in [0.15, 0.2) is 0 Å². The molecule has 1 aromatic heterocycles. The molecule has 3 fully saturated rings. The number of rotatable bonds is 2. The van der Waals surface area contributed by atoms with Gasteiger partial charge in [-0.2, -0.15) is 0 Å². The van der Waals surface area contributed by atoms with E-state index in [-0.39, 0.29) is 0 Å². The van der Waals surface area contributed by atoms with E-state index in [0.717, 1.165) is 16.6 Å². The van der Waals surface area contributed by atoms with Gasteiger partial charge in [-0.15, -0.1) is 5.10 Å². The zero-order valence-electron chi connectivity index (χ0n) is 12.8. The first kappa shape index (κ1) is 13.8. The van der Waals surface area contributed by atoms with E-state index in [1.54, 1.807) is 0 Å². The molecule has 5 heteroatoms. The second-order valence-corrected chi connectivity index (χ2v) is 7.47. The van der Waals surface area contributed by atoms with E-state index in [1.165, 1.54) is 70.8 Å². The van der Waals surface area contributed by atoms with Gasteiger partial charge in [0.05, 0.1) is 0 Å². The average Bonchev–Trinajstić information content (AvgIpc) is 3.11. The molecule has 116 valence electrons. The number of nitrogens with one attached hydrogen (secondary N) is 1. The zero-order chi connectivity index (χ0) is 14.2. The van der Waals surface area contributed by atoms with Gasteiger partial charge in [0, 0.05) is 18.6 Å². The molecule has 0 spiro atoms. The van der Waals surface area contributed by atoms with Crippen LogP contribution in [0.1, 0.15) is 70.3 Å². The quantitative estimate of drug-likeness (QED) is 0.831. The standard InChI is InChI=1S/C16H26N4S/c21-16-18-17-15(20(16)13-7-2-1-3-8-13)19-11-10-12-6-4-5-9-14(12)19/h12-14H,1-11H2,(H,18,21). The highest BCUT2D eigenvalue weighted by atomic mass is 32.1. The van der Waals surface area contributed by atoms with Gasteiger partial charge in [0.1, 0.15) is 0 Å². The summed E-state index contributed by atoms with van der Waals surface area (Å²) in [6.45, 7) is 1.17. The summed E-state index contributed by atoms with van der Waals surface area (Å²) < 4.78 is 3.18. The minimum Gasteiger partial charge on any atom is -0.338 e. The van der Waals surface area contributed by atoms with E-state index in [0.29, 0.717) is 12.1 Å². The van der Waals surface area contributed by atoms with Gasteiger partial charge in [-0.1, -0.05) is 32.1 Å². The van der Waals surface area contributed by atoms with E-state index < -0.39 is 0 Å². The van der Waals surface area contributed by atoms with Crippen LogP contribution in [0.2, 0.25) is 0 Å². The van der Waals surface area contributed by atoms with E-state index in [1.807, 2.05) is 0 Å². The maximum Gasteiger partial charge on any atom is 0.226 e. The molecule has 21 heavy (non-hydrogen) atoms. The highest BCUT2D eigenvalue weighted by molar-refractivity contribution is 7.71. The van der Waals surface area contributed by atoms with Gasteiger partial charge in [-0.05, 0) is 50.2 Å². The molecule has 0 amide bonds. The third kappa shape index (κ3) is 2.43. The van der Waals surface area contributed by atoms with Gasteiger partial charge < -0.3 is 4.90 Å². The van der Waals surface area contributed by atoms with Crippen molar-refractivity contribution in [3.63, 3.8) is 0 Å². The fourth-order valence-electron chi connectivity index (χ4n) is 4.82. The largest absolute Gasteiger partial charge is 0.338 e. The highest BCUT2D eigenvalue weighted by Gasteiger charge is 2.38. The van der Waals surface area contributed by atoms with Crippen LogP contribution in [0.3, 0.4) is 0 Å². The topological polar surface area (TPSA) is 36.9 Å². The van der Waals surface area contributed by atoms with Gasteiger partial charge in [0.15, 0.2) is 4.77 Å². The first-order valence-electron chi connectivity index (χ1n) is 8.78. The SMILES string of the molecule is S=c1[nH]nc(N2CCC3CCCCC32)n1C1CCCCC1. The molecule has 3 aliphatic rings. The lowest BCUT2D eigenvalue weighted by atomic mass is 9.85. The molecule has 1 N–H and O–H groups in total. The third-order valence-electron chi connectivity index (χ3n) is 5.89. The summed E-state index contributed by atoms with van der Waals surface area (Å²) in [4.78, 5) is 2.57. The van der Waals surface area contributed by atoms with Crippen LogP contribution in [0.5, 0.6) is 0 Å². The van der Waals surface area contributed by atoms with Crippen molar-refractivity contribution in [1.82, 2.24) is 14.8 Å². The van der Waals surface area contributed by atoms with Crippen LogP contribution in [0.4, 0.5) is 5.95 Å². The van der Waals surface area contributed by atoms with Crippen LogP contribution in [-0.2, 0) is 0 Å². The Kier molecular flexibility index (Phi) is 3.78. The van der Waals surface area contributed by atoms with E-state index in [4.69, 9.17) is 12.2 Å². The number of H-pyrrole nitrogens is 1. The lowest BCUT2D eigenvalue weighted by Gasteiger charge is -2.34. The molecule has 2 heterocycles. The maximum atomic E-state index is 5.55. The van der Waals surface area contributed by atoms with Gasteiger partial charge in [0.2, 0.25) is 5.95 Å². The molecular weight excluding hydrogens is 280 g/mol. The number of fused-ring (bicyclic) bond motifs is 1. The van der Waals surface area contributed by atoms with Crippen molar-refractivity contribution in [2.75, 3.05) is 11.4 Å². The average molecular weight is 306 g/mol. The minimum absolute atomic E-state index is 0.572. The van der Waals surface area contributed by atoms with Crippen LogP contribution in [0.25, 0.3) is 0 Å². The van der Waals surface area contributed by atoms with E-state index in [9.17, 15) is 0 Å². The molecule has 0 aromatic carbocycles. The molecule has 2 aliphatic carbocycles. The maximum absolute atomic E-state index is 5.55. The monoisotopic (exact) mass is 306 g/mol. The zero-order valence-corrected chi connectivity index (χ0v) is 13.6. The summed E-state index contributed by atoms with van der Waals surface area (Å²) in [5.41, 5.74) is 0. The second-order valence-electron chi connectivity index (χ2n) is 7.08.